The van der Waals surface area contributed by atoms with Crippen molar-refractivity contribution in [2.24, 2.45) is 5.92 Å². The summed E-state index contributed by atoms with van der Waals surface area (Å²) in [5.41, 5.74) is 0. The quantitative estimate of drug-likeness (QED) is 0.533. The van der Waals surface area contributed by atoms with Crippen molar-refractivity contribution in [2.45, 2.75) is 13.8 Å². The van der Waals surface area contributed by atoms with Crippen molar-refractivity contribution in [3.8, 4) is 0 Å². The molecule has 0 unspecified atom stereocenters. The molecule has 0 fully saturated rings. The second-order valence-corrected chi connectivity index (χ2v) is 2.94. The van der Waals surface area contributed by atoms with E-state index < -0.39 is 10.7 Å². The first kappa shape index (κ1) is 6.95. The molecule has 0 radical (unpaired) electrons. The molecule has 0 aliphatic carbocycles. The summed E-state index contributed by atoms with van der Waals surface area (Å²) in [6.45, 7) is 3.76. The Morgan fingerprint density at radius 2 is 1.86 bits per heavy atom. The summed E-state index contributed by atoms with van der Waals surface area (Å²) in [6.07, 6.45) is 0. The Kier molecular flexibility index (Phi) is 3.00. The summed E-state index contributed by atoms with van der Waals surface area (Å²) in [5, 5.41) is 0. The van der Waals surface area contributed by atoms with Crippen molar-refractivity contribution in [3.05, 3.63) is 0 Å². The molecular formula is C4H10O2S. The van der Waals surface area contributed by atoms with Crippen molar-refractivity contribution in [1.29, 1.82) is 0 Å². The Hall–Kier alpha value is -0.0500. The molecule has 0 atom stereocenters. The maximum atomic E-state index is 9.85. The minimum Gasteiger partial charge on any atom is -0.232 e. The monoisotopic (exact) mass is 122 g/mol. The summed E-state index contributed by atoms with van der Waals surface area (Å²) >= 11 is 0. The minimum atomic E-state index is -2.14. The van der Waals surface area contributed by atoms with Crippen LogP contribution >= 0.6 is 0 Å². The number of rotatable bonds is 2. The van der Waals surface area contributed by atoms with Crippen LogP contribution in [-0.2, 0) is 10.7 Å². The lowest BCUT2D eigenvalue weighted by Crippen LogP contribution is -1.95. The van der Waals surface area contributed by atoms with Crippen LogP contribution in [0.4, 0.5) is 0 Å². The first-order valence-corrected chi connectivity index (χ1v) is 3.61. The Bertz CT molecular complexity index is 96.3. The van der Waals surface area contributed by atoms with Gasteiger partial charge < -0.3 is 0 Å². The molecule has 0 saturated heterocycles. The van der Waals surface area contributed by atoms with Gasteiger partial charge in [-0.1, -0.05) is 13.8 Å². The van der Waals surface area contributed by atoms with Gasteiger partial charge in [-0.15, -0.1) is 0 Å². The SMILES string of the molecule is CC(C)C[SH](=O)=O. The van der Waals surface area contributed by atoms with Gasteiger partial charge in [0.1, 0.15) is 10.7 Å². The highest BCUT2D eigenvalue weighted by Gasteiger charge is 1.91. The van der Waals surface area contributed by atoms with Crippen LogP contribution in [0.2, 0.25) is 0 Å². The van der Waals surface area contributed by atoms with Gasteiger partial charge in [-0.25, -0.2) is 8.42 Å². The molecule has 0 spiro atoms. The minimum absolute atomic E-state index is 0.279. The van der Waals surface area contributed by atoms with Crippen LogP contribution in [0, 0.1) is 5.92 Å². The van der Waals surface area contributed by atoms with Crippen LogP contribution in [0.3, 0.4) is 0 Å². The third-order valence-corrected chi connectivity index (χ3v) is 1.54. The molecule has 0 rings (SSSR count). The molecule has 44 valence electrons. The highest BCUT2D eigenvalue weighted by Crippen LogP contribution is 1.88. The molecule has 0 amide bonds. The van der Waals surface area contributed by atoms with E-state index in [1.807, 2.05) is 13.8 Å². The van der Waals surface area contributed by atoms with Gasteiger partial charge in [0.25, 0.3) is 0 Å². The van der Waals surface area contributed by atoms with Crippen molar-refractivity contribution in [1.82, 2.24) is 0 Å². The lowest BCUT2D eigenvalue weighted by molar-refractivity contribution is 0.601. The van der Waals surface area contributed by atoms with Gasteiger partial charge in [0.2, 0.25) is 0 Å². The zero-order chi connectivity index (χ0) is 5.86. The third kappa shape index (κ3) is 5.95. The fraction of sp³-hybridized carbons (Fsp3) is 1.00. The summed E-state index contributed by atoms with van der Waals surface area (Å²) in [5.74, 6) is 0.594. The first-order valence-electron chi connectivity index (χ1n) is 2.24. The Labute approximate surface area is 45.5 Å². The average molecular weight is 122 g/mol. The molecule has 0 N–H and O–H groups in total. The third-order valence-electron chi connectivity index (χ3n) is 0.514. The molecule has 2 nitrogen and oxygen atoms in total. The van der Waals surface area contributed by atoms with Gasteiger partial charge >= 0.3 is 0 Å². The van der Waals surface area contributed by atoms with Gasteiger partial charge in [0.15, 0.2) is 0 Å². The van der Waals surface area contributed by atoms with Gasteiger partial charge in [-0.2, -0.15) is 0 Å². The molecule has 0 aromatic rings. The van der Waals surface area contributed by atoms with Crippen LogP contribution < -0.4 is 0 Å². The van der Waals surface area contributed by atoms with Crippen LogP contribution in [-0.4, -0.2) is 14.2 Å². The molecule has 0 saturated carbocycles. The van der Waals surface area contributed by atoms with Gasteiger partial charge in [-0.05, 0) is 5.92 Å². The highest BCUT2D eigenvalue weighted by atomic mass is 32.2. The predicted molar refractivity (Wildman–Crippen MR) is 30.0 cm³/mol. The molecule has 3 heteroatoms. The molecule has 7 heavy (non-hydrogen) atoms. The standard InChI is InChI=1S/C4H10O2S/c1-4(2)3-7(5)6/h4,7H,3H2,1-2H3. The topological polar surface area (TPSA) is 34.1 Å². The van der Waals surface area contributed by atoms with Gasteiger partial charge in [0, 0.05) is 5.75 Å². The van der Waals surface area contributed by atoms with E-state index in [4.69, 9.17) is 0 Å². The lowest BCUT2D eigenvalue weighted by atomic mass is 10.3. The summed E-state index contributed by atoms with van der Waals surface area (Å²) in [4.78, 5) is 0. The van der Waals surface area contributed by atoms with Crippen LogP contribution in [0.25, 0.3) is 0 Å². The first-order chi connectivity index (χ1) is 3.13. The Balaban J connectivity index is 3.32. The fourth-order valence-corrected chi connectivity index (χ4v) is 0.894. The molecule has 0 heterocycles. The average Bonchev–Trinajstić information content (AvgIpc) is 1.27. The van der Waals surface area contributed by atoms with Crippen molar-refractivity contribution in [2.75, 3.05) is 5.75 Å². The van der Waals surface area contributed by atoms with Crippen molar-refractivity contribution < 1.29 is 8.42 Å². The number of hydrogen-bond donors (Lipinski definition) is 1. The second kappa shape index (κ2) is 3.02. The van der Waals surface area contributed by atoms with E-state index in [-0.39, 0.29) is 5.92 Å². The fourth-order valence-electron chi connectivity index (χ4n) is 0.298. The zero-order valence-electron chi connectivity index (χ0n) is 4.55. The lowest BCUT2D eigenvalue weighted by Gasteiger charge is -1.91. The van der Waals surface area contributed by atoms with Crippen LogP contribution in [0.1, 0.15) is 13.8 Å². The predicted octanol–water partition coefficient (Wildman–Crippen LogP) is 0.254. The van der Waals surface area contributed by atoms with Crippen molar-refractivity contribution >= 4 is 10.7 Å². The van der Waals surface area contributed by atoms with Crippen molar-refractivity contribution in [3.63, 3.8) is 0 Å². The van der Waals surface area contributed by atoms with E-state index in [2.05, 4.69) is 0 Å². The van der Waals surface area contributed by atoms with E-state index in [1.165, 1.54) is 0 Å². The Morgan fingerprint density at radius 3 is 1.86 bits per heavy atom. The zero-order valence-corrected chi connectivity index (χ0v) is 5.44. The molecule has 0 aromatic carbocycles. The molecular weight excluding hydrogens is 112 g/mol. The van der Waals surface area contributed by atoms with E-state index in [9.17, 15) is 8.42 Å². The number of hydrogen-bond acceptors (Lipinski definition) is 2. The van der Waals surface area contributed by atoms with E-state index in [1.54, 1.807) is 0 Å². The second-order valence-electron chi connectivity index (χ2n) is 1.91. The summed E-state index contributed by atoms with van der Waals surface area (Å²) in [6, 6.07) is 0. The normalized spacial score (nSPS) is 10.9. The molecule has 0 bridgehead atoms. The van der Waals surface area contributed by atoms with E-state index >= 15 is 0 Å². The largest absolute Gasteiger partial charge is 0.232 e. The van der Waals surface area contributed by atoms with Crippen LogP contribution in [0.5, 0.6) is 0 Å². The molecule has 0 aromatic heterocycles. The smallest absolute Gasteiger partial charge is 0.140 e. The van der Waals surface area contributed by atoms with Crippen LogP contribution in [0.15, 0.2) is 0 Å². The number of thiol groups is 1. The van der Waals surface area contributed by atoms with Gasteiger partial charge in [0.05, 0.1) is 0 Å². The highest BCUT2D eigenvalue weighted by molar-refractivity contribution is 7.72. The maximum Gasteiger partial charge on any atom is 0.140 e. The Morgan fingerprint density at radius 1 is 1.43 bits per heavy atom. The summed E-state index contributed by atoms with van der Waals surface area (Å²) < 4.78 is 19.7. The van der Waals surface area contributed by atoms with E-state index in [0.717, 1.165) is 0 Å². The maximum absolute atomic E-state index is 9.85. The van der Waals surface area contributed by atoms with Gasteiger partial charge in [-0.3, -0.25) is 0 Å². The molecule has 0 aliphatic rings. The summed E-state index contributed by atoms with van der Waals surface area (Å²) in [7, 11) is -2.14. The van der Waals surface area contributed by atoms with E-state index in [0.29, 0.717) is 5.75 Å². The molecule has 0 aliphatic heterocycles.